The highest BCUT2D eigenvalue weighted by Crippen LogP contribution is 2.27. The van der Waals surface area contributed by atoms with Crippen molar-refractivity contribution >= 4 is 15.4 Å². The lowest BCUT2D eigenvalue weighted by molar-refractivity contribution is -0.137. The number of halogens is 3. The zero-order chi connectivity index (χ0) is 8.48. The molecule has 4 heteroatoms. The van der Waals surface area contributed by atoms with Crippen LogP contribution in [0.4, 0.5) is 13.2 Å². The minimum atomic E-state index is -4.25. The van der Waals surface area contributed by atoms with Crippen molar-refractivity contribution in [3.8, 4) is 0 Å². The molecule has 0 bridgehead atoms. The maximum absolute atomic E-state index is 11.9. The summed E-state index contributed by atoms with van der Waals surface area (Å²) in [5, 5.41) is 0.430. The van der Waals surface area contributed by atoms with Crippen molar-refractivity contribution < 1.29 is 13.2 Å². The Hall–Kier alpha value is -0.773. The second-order valence-corrected chi connectivity index (χ2v) is 2.66. The summed E-state index contributed by atoms with van der Waals surface area (Å²) in [5.74, 6) is 0. The molecule has 0 atom stereocenters. The summed E-state index contributed by atoms with van der Waals surface area (Å²) in [6.45, 7) is 0. The van der Waals surface area contributed by atoms with Crippen LogP contribution >= 0.6 is 0 Å². The van der Waals surface area contributed by atoms with Crippen LogP contribution in [-0.2, 0) is 6.18 Å². The molecule has 0 heterocycles. The smallest absolute Gasteiger partial charge is 0.166 e. The molecule has 1 aromatic carbocycles. The Labute approximate surface area is 65.5 Å². The van der Waals surface area contributed by atoms with Gasteiger partial charge in [0.2, 0.25) is 0 Å². The average Bonchev–Trinajstić information content (AvgIpc) is 1.86. The monoisotopic (exact) mass is 173 g/mol. The Morgan fingerprint density at radius 1 is 1.18 bits per heavy atom. The summed E-state index contributed by atoms with van der Waals surface area (Å²) < 4.78 is 35.8. The predicted octanol–water partition coefficient (Wildman–Crippen LogP) is 1.50. The van der Waals surface area contributed by atoms with Gasteiger partial charge < -0.3 is 0 Å². The summed E-state index contributed by atoms with van der Waals surface area (Å²) >= 11 is 0. The lowest BCUT2D eigenvalue weighted by Gasteiger charge is -2.05. The molecule has 0 aromatic heterocycles. The van der Waals surface area contributed by atoms with E-state index in [1.54, 1.807) is 6.07 Å². The van der Waals surface area contributed by atoms with Crippen molar-refractivity contribution in [2.24, 2.45) is 0 Å². The van der Waals surface area contributed by atoms with E-state index in [1.165, 1.54) is 6.07 Å². The molecule has 0 amide bonds. The topological polar surface area (TPSA) is 0 Å². The first-order valence-electron chi connectivity index (χ1n) is 2.89. The van der Waals surface area contributed by atoms with Crippen molar-refractivity contribution in [3.63, 3.8) is 0 Å². The van der Waals surface area contributed by atoms with Gasteiger partial charge in [0, 0.05) is 0 Å². The van der Waals surface area contributed by atoms with Gasteiger partial charge in [-0.15, -0.1) is 0 Å². The molecule has 0 aliphatic heterocycles. The standard InChI is InChI=1S/C7H4F3Si/c8-7(9,10)5-2-1-3-6(11)4-5/h1-4H. The van der Waals surface area contributed by atoms with E-state index in [1.807, 2.05) is 0 Å². The Kier molecular flexibility index (Phi) is 2.04. The van der Waals surface area contributed by atoms with Crippen molar-refractivity contribution in [2.45, 2.75) is 6.18 Å². The zero-order valence-electron chi connectivity index (χ0n) is 5.44. The minimum Gasteiger partial charge on any atom is -0.166 e. The van der Waals surface area contributed by atoms with Crippen molar-refractivity contribution in [3.05, 3.63) is 29.8 Å². The van der Waals surface area contributed by atoms with E-state index in [-0.39, 0.29) is 0 Å². The zero-order valence-corrected chi connectivity index (χ0v) is 6.44. The van der Waals surface area contributed by atoms with Gasteiger partial charge in [0.15, 0.2) is 0 Å². The SMILES string of the molecule is FC(F)(F)c1cccc([Si])c1. The maximum Gasteiger partial charge on any atom is 0.416 e. The molecule has 0 fully saturated rings. The molecule has 0 nitrogen and oxygen atoms in total. The highest BCUT2D eigenvalue weighted by molar-refractivity contribution is 6.32. The lowest BCUT2D eigenvalue weighted by atomic mass is 10.2. The Morgan fingerprint density at radius 2 is 1.82 bits per heavy atom. The van der Waals surface area contributed by atoms with Crippen LogP contribution < -0.4 is 5.19 Å². The molecule has 0 saturated carbocycles. The van der Waals surface area contributed by atoms with Gasteiger partial charge in [-0.3, -0.25) is 0 Å². The largest absolute Gasteiger partial charge is 0.416 e. The number of benzene rings is 1. The van der Waals surface area contributed by atoms with E-state index in [9.17, 15) is 13.2 Å². The van der Waals surface area contributed by atoms with Gasteiger partial charge in [0.25, 0.3) is 0 Å². The number of rotatable bonds is 0. The van der Waals surface area contributed by atoms with Gasteiger partial charge >= 0.3 is 6.18 Å². The molecule has 11 heavy (non-hydrogen) atoms. The van der Waals surface area contributed by atoms with Crippen LogP contribution in [0.2, 0.25) is 0 Å². The fraction of sp³-hybridized carbons (Fsp3) is 0.143. The van der Waals surface area contributed by atoms with Gasteiger partial charge in [-0.25, -0.2) is 0 Å². The predicted molar refractivity (Wildman–Crippen MR) is 36.8 cm³/mol. The summed E-state index contributed by atoms with van der Waals surface area (Å²) in [6, 6.07) is 4.97. The molecule has 0 N–H and O–H groups in total. The van der Waals surface area contributed by atoms with Crippen molar-refractivity contribution in [1.29, 1.82) is 0 Å². The fourth-order valence-electron chi connectivity index (χ4n) is 0.696. The highest BCUT2D eigenvalue weighted by atomic mass is 28.1. The third kappa shape index (κ3) is 2.08. The Morgan fingerprint density at radius 3 is 2.18 bits per heavy atom. The Balaban J connectivity index is 3.06. The van der Waals surface area contributed by atoms with Gasteiger partial charge in [-0.05, 0) is 0 Å². The fourth-order valence-corrected chi connectivity index (χ4v) is 0.947. The summed E-state index contributed by atoms with van der Waals surface area (Å²) in [5.41, 5.74) is -0.634. The molecular formula is C7H4F3Si. The molecule has 57 valence electrons. The molecule has 0 spiro atoms. The summed E-state index contributed by atoms with van der Waals surface area (Å²) in [4.78, 5) is 0. The lowest BCUT2D eigenvalue weighted by Crippen LogP contribution is -2.10. The summed E-state index contributed by atoms with van der Waals surface area (Å²) in [7, 11) is 3.00. The van der Waals surface area contributed by atoms with Crippen LogP contribution in [0, 0.1) is 0 Å². The van der Waals surface area contributed by atoms with E-state index in [0.29, 0.717) is 5.19 Å². The van der Waals surface area contributed by atoms with E-state index in [2.05, 4.69) is 10.2 Å². The van der Waals surface area contributed by atoms with Crippen LogP contribution in [0.1, 0.15) is 5.56 Å². The van der Waals surface area contributed by atoms with Gasteiger partial charge in [0.1, 0.15) is 0 Å². The van der Waals surface area contributed by atoms with Crippen LogP contribution in [0.15, 0.2) is 24.3 Å². The number of hydrogen-bond donors (Lipinski definition) is 0. The highest BCUT2D eigenvalue weighted by Gasteiger charge is 2.29. The van der Waals surface area contributed by atoms with E-state index < -0.39 is 11.7 Å². The summed E-state index contributed by atoms with van der Waals surface area (Å²) in [6.07, 6.45) is -4.25. The normalized spacial score (nSPS) is 11.6. The van der Waals surface area contributed by atoms with E-state index in [0.717, 1.165) is 12.1 Å². The first kappa shape index (κ1) is 8.32. The van der Waals surface area contributed by atoms with E-state index >= 15 is 0 Å². The van der Waals surface area contributed by atoms with Crippen LogP contribution in [0.3, 0.4) is 0 Å². The van der Waals surface area contributed by atoms with Gasteiger partial charge in [-0.1, -0.05) is 29.5 Å². The molecule has 1 rings (SSSR count). The van der Waals surface area contributed by atoms with Crippen LogP contribution in [0.25, 0.3) is 0 Å². The maximum atomic E-state index is 11.9. The first-order valence-corrected chi connectivity index (χ1v) is 3.39. The second kappa shape index (κ2) is 2.69. The van der Waals surface area contributed by atoms with E-state index in [4.69, 9.17) is 0 Å². The molecule has 0 unspecified atom stereocenters. The van der Waals surface area contributed by atoms with Gasteiger partial charge in [0.05, 0.1) is 15.8 Å². The molecule has 0 aliphatic carbocycles. The average molecular weight is 173 g/mol. The van der Waals surface area contributed by atoms with Gasteiger partial charge in [-0.2, -0.15) is 13.2 Å². The van der Waals surface area contributed by atoms with Crippen LogP contribution in [-0.4, -0.2) is 10.2 Å². The van der Waals surface area contributed by atoms with Crippen molar-refractivity contribution in [2.75, 3.05) is 0 Å². The molecule has 1 aromatic rings. The molecule has 0 aliphatic rings. The number of alkyl halides is 3. The second-order valence-electron chi connectivity index (χ2n) is 2.08. The third-order valence-electron chi connectivity index (χ3n) is 1.19. The molecule has 0 saturated heterocycles. The quantitative estimate of drug-likeness (QED) is 0.521. The molecular weight excluding hydrogens is 169 g/mol. The number of hydrogen-bond acceptors (Lipinski definition) is 0. The van der Waals surface area contributed by atoms with Crippen LogP contribution in [0.5, 0.6) is 0 Å². The minimum absolute atomic E-state index is 0.430. The molecule has 3 radical (unpaired) electrons. The first-order chi connectivity index (χ1) is 5.00. The third-order valence-corrected chi connectivity index (χ3v) is 1.50. The Bertz CT molecular complexity index is 254. The van der Waals surface area contributed by atoms with Crippen molar-refractivity contribution in [1.82, 2.24) is 0 Å².